The Labute approximate surface area is 174 Å². The Bertz CT molecular complexity index is 982. The summed E-state index contributed by atoms with van der Waals surface area (Å²) >= 11 is 6.13. The summed E-state index contributed by atoms with van der Waals surface area (Å²) < 4.78 is 45.7. The zero-order chi connectivity index (χ0) is 21.0. The van der Waals surface area contributed by atoms with E-state index in [9.17, 15) is 17.6 Å². The second kappa shape index (κ2) is 9.11. The van der Waals surface area contributed by atoms with Gasteiger partial charge in [-0.25, -0.2) is 12.8 Å². The van der Waals surface area contributed by atoms with Gasteiger partial charge in [-0.1, -0.05) is 11.6 Å². The van der Waals surface area contributed by atoms with Crippen LogP contribution in [0.5, 0.6) is 5.75 Å². The van der Waals surface area contributed by atoms with Gasteiger partial charge in [-0.2, -0.15) is 4.31 Å². The molecule has 0 bridgehead atoms. The van der Waals surface area contributed by atoms with Crippen LogP contribution < -0.4 is 10.1 Å². The Hall–Kier alpha value is -2.16. The van der Waals surface area contributed by atoms with Crippen molar-refractivity contribution in [3.05, 3.63) is 53.3 Å². The minimum absolute atomic E-state index is 0.0607. The molecule has 1 amide bonds. The van der Waals surface area contributed by atoms with E-state index in [1.807, 2.05) is 6.92 Å². The van der Waals surface area contributed by atoms with Crippen molar-refractivity contribution in [1.82, 2.24) is 4.31 Å². The molecule has 0 unspecified atom stereocenters. The fourth-order valence-electron chi connectivity index (χ4n) is 3.22. The Morgan fingerprint density at radius 2 is 2.00 bits per heavy atom. The molecule has 9 heteroatoms. The van der Waals surface area contributed by atoms with E-state index in [2.05, 4.69) is 5.32 Å². The number of sulfonamides is 1. The second-order valence-electron chi connectivity index (χ2n) is 6.72. The highest BCUT2D eigenvalue weighted by molar-refractivity contribution is 7.89. The highest BCUT2D eigenvalue weighted by Gasteiger charge is 2.33. The maximum Gasteiger partial charge on any atom is 0.243 e. The lowest BCUT2D eigenvalue weighted by atomic mass is 9.99. The topological polar surface area (TPSA) is 75.7 Å². The molecule has 1 heterocycles. The smallest absolute Gasteiger partial charge is 0.243 e. The highest BCUT2D eigenvalue weighted by Crippen LogP contribution is 2.30. The van der Waals surface area contributed by atoms with Crippen LogP contribution in [-0.4, -0.2) is 38.3 Å². The number of nitrogens with zero attached hydrogens (tertiary/aromatic N) is 1. The third-order valence-electron chi connectivity index (χ3n) is 4.71. The number of amides is 1. The molecule has 0 spiro atoms. The fraction of sp³-hybridized carbons (Fsp3) is 0.350. The molecule has 0 radical (unpaired) electrons. The number of anilines is 1. The van der Waals surface area contributed by atoms with Crippen LogP contribution in [0.1, 0.15) is 19.8 Å². The third kappa shape index (κ3) is 5.07. The first-order chi connectivity index (χ1) is 13.8. The summed E-state index contributed by atoms with van der Waals surface area (Å²) in [6.07, 6.45) is 1.13. The molecule has 0 aromatic heterocycles. The largest absolute Gasteiger partial charge is 0.492 e. The number of hydrogen-bond donors (Lipinski definition) is 1. The zero-order valence-electron chi connectivity index (χ0n) is 15.9. The van der Waals surface area contributed by atoms with E-state index in [0.29, 0.717) is 37.4 Å². The fourth-order valence-corrected chi connectivity index (χ4v) is 5.07. The first-order valence-corrected chi connectivity index (χ1v) is 11.1. The van der Waals surface area contributed by atoms with Crippen LogP contribution in [0.3, 0.4) is 0 Å². The lowest BCUT2D eigenvalue weighted by Crippen LogP contribution is -2.43. The quantitative estimate of drug-likeness (QED) is 0.738. The van der Waals surface area contributed by atoms with E-state index in [0.717, 1.165) is 0 Å². The van der Waals surface area contributed by atoms with Crippen LogP contribution in [-0.2, 0) is 14.8 Å². The summed E-state index contributed by atoms with van der Waals surface area (Å²) in [6.45, 7) is 2.63. The summed E-state index contributed by atoms with van der Waals surface area (Å²) in [4.78, 5) is 12.6. The highest BCUT2D eigenvalue weighted by atomic mass is 35.5. The van der Waals surface area contributed by atoms with Crippen molar-refractivity contribution in [3.8, 4) is 5.75 Å². The van der Waals surface area contributed by atoms with E-state index >= 15 is 0 Å². The number of nitrogens with one attached hydrogen (secondary N) is 1. The van der Waals surface area contributed by atoms with E-state index in [1.165, 1.54) is 46.8 Å². The first kappa shape index (κ1) is 21.5. The molecule has 1 atom stereocenters. The van der Waals surface area contributed by atoms with E-state index in [-0.39, 0.29) is 22.4 Å². The molecule has 1 aliphatic heterocycles. The van der Waals surface area contributed by atoms with Gasteiger partial charge in [-0.05, 0) is 62.2 Å². The van der Waals surface area contributed by atoms with Crippen molar-refractivity contribution >= 4 is 33.2 Å². The molecule has 29 heavy (non-hydrogen) atoms. The van der Waals surface area contributed by atoms with Crippen LogP contribution in [0.2, 0.25) is 5.02 Å². The Morgan fingerprint density at radius 1 is 1.28 bits per heavy atom. The number of carbonyl (C=O) groups excluding carboxylic acids is 1. The Balaban J connectivity index is 1.72. The van der Waals surface area contributed by atoms with Crippen molar-refractivity contribution in [1.29, 1.82) is 0 Å². The van der Waals surface area contributed by atoms with Gasteiger partial charge in [0.15, 0.2) is 0 Å². The number of piperidine rings is 1. The van der Waals surface area contributed by atoms with Crippen LogP contribution in [0.4, 0.5) is 10.1 Å². The maximum atomic E-state index is 13.0. The van der Waals surface area contributed by atoms with Crippen molar-refractivity contribution < 1.29 is 22.3 Å². The SMILES string of the molecule is CCOc1ccc(S(=O)(=O)N2CCC[C@@H](C(=O)Nc3ccc(F)cc3)C2)cc1Cl. The van der Waals surface area contributed by atoms with Crippen LogP contribution in [0, 0.1) is 11.7 Å². The van der Waals surface area contributed by atoms with Crippen molar-refractivity contribution in [3.63, 3.8) is 0 Å². The zero-order valence-corrected chi connectivity index (χ0v) is 17.5. The maximum absolute atomic E-state index is 13.0. The van der Waals surface area contributed by atoms with Crippen molar-refractivity contribution in [2.24, 2.45) is 5.92 Å². The molecule has 2 aromatic carbocycles. The van der Waals surface area contributed by atoms with Crippen LogP contribution in [0.15, 0.2) is 47.4 Å². The number of benzene rings is 2. The molecule has 1 aliphatic rings. The van der Waals surface area contributed by atoms with Gasteiger partial charge in [0.25, 0.3) is 0 Å². The summed E-state index contributed by atoms with van der Waals surface area (Å²) in [6, 6.07) is 9.78. The first-order valence-electron chi connectivity index (χ1n) is 9.30. The molecule has 0 saturated carbocycles. The van der Waals surface area contributed by atoms with Gasteiger partial charge in [0.2, 0.25) is 15.9 Å². The predicted molar refractivity (Wildman–Crippen MR) is 109 cm³/mol. The van der Waals surface area contributed by atoms with Gasteiger partial charge < -0.3 is 10.1 Å². The summed E-state index contributed by atoms with van der Waals surface area (Å²) in [7, 11) is -3.80. The minimum Gasteiger partial charge on any atom is -0.492 e. The Morgan fingerprint density at radius 3 is 2.66 bits per heavy atom. The van der Waals surface area contributed by atoms with Crippen molar-refractivity contribution in [2.45, 2.75) is 24.7 Å². The molecule has 1 N–H and O–H groups in total. The number of hydrogen-bond acceptors (Lipinski definition) is 4. The minimum atomic E-state index is -3.80. The van der Waals surface area contributed by atoms with E-state index in [4.69, 9.17) is 16.3 Å². The normalized spacial score (nSPS) is 17.7. The lowest BCUT2D eigenvalue weighted by molar-refractivity contribution is -0.120. The van der Waals surface area contributed by atoms with Gasteiger partial charge in [0, 0.05) is 18.8 Å². The lowest BCUT2D eigenvalue weighted by Gasteiger charge is -2.31. The summed E-state index contributed by atoms with van der Waals surface area (Å²) in [5.41, 5.74) is 0.467. The van der Waals surface area contributed by atoms with Gasteiger partial charge in [0.1, 0.15) is 11.6 Å². The molecule has 1 fully saturated rings. The number of rotatable bonds is 6. The molecule has 1 saturated heterocycles. The number of ether oxygens (including phenoxy) is 1. The predicted octanol–water partition coefficient (Wildman–Crippen LogP) is 3.92. The van der Waals surface area contributed by atoms with Gasteiger partial charge in [-0.15, -0.1) is 0 Å². The molecular formula is C20H22ClFN2O4S. The molecule has 2 aromatic rings. The summed E-state index contributed by atoms with van der Waals surface area (Å²) in [5.74, 6) is -0.766. The van der Waals surface area contributed by atoms with Gasteiger partial charge in [0.05, 0.1) is 22.4 Å². The molecule has 6 nitrogen and oxygen atoms in total. The van der Waals surface area contributed by atoms with E-state index in [1.54, 1.807) is 0 Å². The molecule has 156 valence electrons. The van der Waals surface area contributed by atoms with Crippen LogP contribution in [0.25, 0.3) is 0 Å². The monoisotopic (exact) mass is 440 g/mol. The number of carbonyl (C=O) groups is 1. The molecule has 0 aliphatic carbocycles. The molecule has 3 rings (SSSR count). The Kier molecular flexibility index (Phi) is 6.77. The van der Waals surface area contributed by atoms with Gasteiger partial charge >= 0.3 is 0 Å². The van der Waals surface area contributed by atoms with Crippen LogP contribution >= 0.6 is 11.6 Å². The van der Waals surface area contributed by atoms with E-state index < -0.39 is 21.8 Å². The molecular weight excluding hydrogens is 419 g/mol. The third-order valence-corrected chi connectivity index (χ3v) is 6.86. The second-order valence-corrected chi connectivity index (χ2v) is 9.07. The van der Waals surface area contributed by atoms with Crippen molar-refractivity contribution in [2.75, 3.05) is 25.0 Å². The van der Waals surface area contributed by atoms with Gasteiger partial charge in [-0.3, -0.25) is 4.79 Å². The standard InChI is InChI=1S/C20H22ClFN2O4S/c1-2-28-19-10-9-17(12-18(19)21)29(26,27)24-11-3-4-14(13-24)20(25)23-16-7-5-15(22)6-8-16/h5-10,12,14H,2-4,11,13H2,1H3,(H,23,25)/t14-/m1/s1. The average Bonchev–Trinajstić information content (AvgIpc) is 2.71. The summed E-state index contributed by atoms with van der Waals surface area (Å²) in [5, 5.41) is 2.93. The average molecular weight is 441 g/mol. The number of halogens is 2.